The maximum atomic E-state index is 12.0. The van der Waals surface area contributed by atoms with Gasteiger partial charge < -0.3 is 21.1 Å². The van der Waals surface area contributed by atoms with Crippen molar-refractivity contribution in [2.24, 2.45) is 11.7 Å². The fourth-order valence-corrected chi connectivity index (χ4v) is 1.90. The van der Waals surface area contributed by atoms with Crippen LogP contribution in [0.25, 0.3) is 0 Å². The van der Waals surface area contributed by atoms with E-state index in [0.29, 0.717) is 13.0 Å². The molecule has 98 valence electrons. The van der Waals surface area contributed by atoms with Crippen molar-refractivity contribution in [3.8, 4) is 0 Å². The van der Waals surface area contributed by atoms with Gasteiger partial charge in [0.1, 0.15) is 6.04 Å². The predicted octanol–water partition coefficient (Wildman–Crippen LogP) is -0.757. The fourth-order valence-electron chi connectivity index (χ4n) is 1.90. The molecule has 1 heterocycles. The van der Waals surface area contributed by atoms with Crippen molar-refractivity contribution in [1.29, 1.82) is 0 Å². The number of hydrogen-bond donors (Lipinski definition) is 3. The maximum Gasteiger partial charge on any atom is 0.320 e. The summed E-state index contributed by atoms with van der Waals surface area (Å²) in [6, 6.07) is -1.18. The number of carboxylic acid groups (broad SMARTS) is 1. The number of carboxylic acids is 1. The van der Waals surface area contributed by atoms with Gasteiger partial charge >= 0.3 is 5.97 Å². The third-order valence-corrected chi connectivity index (χ3v) is 3.30. The zero-order chi connectivity index (χ0) is 13.2. The van der Waals surface area contributed by atoms with E-state index in [0.717, 1.165) is 0 Å². The lowest BCUT2D eigenvalue weighted by atomic mass is 10.0. The van der Waals surface area contributed by atoms with Crippen LogP contribution in [0.15, 0.2) is 0 Å². The Hall–Kier alpha value is -1.14. The van der Waals surface area contributed by atoms with Crippen molar-refractivity contribution in [1.82, 2.24) is 10.2 Å². The number of nitrogens with zero attached hydrogens (tertiary/aromatic N) is 1. The van der Waals surface area contributed by atoms with E-state index in [1.165, 1.54) is 0 Å². The minimum atomic E-state index is -0.874. The number of likely N-dealkylation sites (N-methyl/N-ethyl adjacent to an activating group) is 1. The van der Waals surface area contributed by atoms with Gasteiger partial charge in [-0.15, -0.1) is 0 Å². The molecule has 1 fully saturated rings. The van der Waals surface area contributed by atoms with Crippen molar-refractivity contribution in [2.45, 2.75) is 38.4 Å². The van der Waals surface area contributed by atoms with E-state index in [1.54, 1.807) is 11.9 Å². The Balaban J connectivity index is 2.57. The van der Waals surface area contributed by atoms with Gasteiger partial charge in [0.25, 0.3) is 0 Å². The maximum absolute atomic E-state index is 12.0. The highest BCUT2D eigenvalue weighted by Gasteiger charge is 2.34. The average molecular weight is 243 g/mol. The molecule has 0 aliphatic carbocycles. The average Bonchev–Trinajstić information content (AvgIpc) is 2.75. The third kappa shape index (κ3) is 3.17. The first-order valence-electron chi connectivity index (χ1n) is 5.83. The van der Waals surface area contributed by atoms with Gasteiger partial charge in [-0.3, -0.25) is 9.59 Å². The first-order valence-corrected chi connectivity index (χ1v) is 5.83. The number of amides is 1. The molecule has 0 saturated carbocycles. The van der Waals surface area contributed by atoms with E-state index in [9.17, 15) is 9.59 Å². The molecule has 0 radical (unpaired) electrons. The zero-order valence-corrected chi connectivity index (χ0v) is 10.5. The summed E-state index contributed by atoms with van der Waals surface area (Å²) in [4.78, 5) is 24.3. The van der Waals surface area contributed by atoms with Crippen LogP contribution in [0.2, 0.25) is 0 Å². The van der Waals surface area contributed by atoms with Crippen LogP contribution in [-0.4, -0.2) is 53.6 Å². The quantitative estimate of drug-likeness (QED) is 0.603. The molecule has 1 aliphatic heterocycles. The van der Waals surface area contributed by atoms with Gasteiger partial charge in [-0.05, 0) is 12.3 Å². The van der Waals surface area contributed by atoms with E-state index in [2.05, 4.69) is 5.32 Å². The lowest BCUT2D eigenvalue weighted by Gasteiger charge is -2.28. The summed E-state index contributed by atoms with van der Waals surface area (Å²) in [6.07, 6.45) is 0.433. The van der Waals surface area contributed by atoms with Crippen molar-refractivity contribution in [2.75, 3.05) is 13.6 Å². The Labute approximate surface area is 101 Å². The number of hydrogen-bond acceptors (Lipinski definition) is 4. The van der Waals surface area contributed by atoms with E-state index in [4.69, 9.17) is 10.8 Å². The summed E-state index contributed by atoms with van der Waals surface area (Å²) in [6.45, 7) is 4.29. The first-order chi connectivity index (χ1) is 7.84. The van der Waals surface area contributed by atoms with Crippen LogP contribution in [0, 0.1) is 5.92 Å². The molecule has 6 heteroatoms. The molecule has 0 aromatic carbocycles. The SMILES string of the molecule is CC(C)C(N)C(=O)N(C)C1CNC(C(=O)O)C1. The Morgan fingerprint density at radius 1 is 1.47 bits per heavy atom. The molecule has 17 heavy (non-hydrogen) atoms. The second kappa shape index (κ2) is 5.46. The number of nitrogens with one attached hydrogen (secondary N) is 1. The molecule has 6 nitrogen and oxygen atoms in total. The lowest BCUT2D eigenvalue weighted by molar-refractivity contribution is -0.140. The molecule has 0 aromatic heterocycles. The second-order valence-corrected chi connectivity index (χ2v) is 4.91. The Kier molecular flexibility index (Phi) is 4.47. The van der Waals surface area contributed by atoms with Crippen molar-refractivity contribution in [3.05, 3.63) is 0 Å². The van der Waals surface area contributed by atoms with Crippen LogP contribution in [0.3, 0.4) is 0 Å². The zero-order valence-electron chi connectivity index (χ0n) is 10.5. The molecule has 0 aromatic rings. The smallest absolute Gasteiger partial charge is 0.320 e. The molecule has 1 aliphatic rings. The summed E-state index contributed by atoms with van der Waals surface area (Å²) in [5.41, 5.74) is 5.80. The van der Waals surface area contributed by atoms with Crippen LogP contribution in [0.4, 0.5) is 0 Å². The predicted molar refractivity (Wildman–Crippen MR) is 63.4 cm³/mol. The van der Waals surface area contributed by atoms with Gasteiger partial charge in [-0.2, -0.15) is 0 Å². The summed E-state index contributed by atoms with van der Waals surface area (Å²) in [5, 5.41) is 11.7. The van der Waals surface area contributed by atoms with Crippen LogP contribution >= 0.6 is 0 Å². The van der Waals surface area contributed by atoms with Gasteiger partial charge in [0, 0.05) is 19.6 Å². The van der Waals surface area contributed by atoms with Crippen molar-refractivity contribution < 1.29 is 14.7 Å². The summed E-state index contributed by atoms with van der Waals surface area (Å²) in [7, 11) is 1.68. The first kappa shape index (κ1) is 13.9. The van der Waals surface area contributed by atoms with Crippen LogP contribution in [0.1, 0.15) is 20.3 Å². The topological polar surface area (TPSA) is 95.7 Å². The van der Waals surface area contributed by atoms with Crippen LogP contribution < -0.4 is 11.1 Å². The lowest BCUT2D eigenvalue weighted by Crippen LogP contribution is -2.49. The Morgan fingerprint density at radius 2 is 2.06 bits per heavy atom. The third-order valence-electron chi connectivity index (χ3n) is 3.30. The van der Waals surface area contributed by atoms with E-state index >= 15 is 0 Å². The van der Waals surface area contributed by atoms with Gasteiger partial charge in [0.2, 0.25) is 5.91 Å². The monoisotopic (exact) mass is 243 g/mol. The highest BCUT2D eigenvalue weighted by Crippen LogP contribution is 2.14. The number of rotatable bonds is 4. The van der Waals surface area contributed by atoms with Crippen LogP contribution in [0.5, 0.6) is 0 Å². The second-order valence-electron chi connectivity index (χ2n) is 4.91. The van der Waals surface area contributed by atoms with Crippen molar-refractivity contribution in [3.63, 3.8) is 0 Å². The number of carbonyl (C=O) groups is 2. The fraction of sp³-hybridized carbons (Fsp3) is 0.818. The minimum absolute atomic E-state index is 0.0783. The van der Waals surface area contributed by atoms with Gasteiger partial charge in [0.15, 0.2) is 0 Å². The van der Waals surface area contributed by atoms with E-state index in [-0.39, 0.29) is 17.9 Å². The normalized spacial score (nSPS) is 25.9. The van der Waals surface area contributed by atoms with Crippen molar-refractivity contribution >= 4 is 11.9 Å². The molecule has 1 saturated heterocycles. The number of carbonyl (C=O) groups excluding carboxylic acids is 1. The summed E-state index contributed by atoms with van der Waals surface area (Å²) < 4.78 is 0. The number of aliphatic carboxylic acids is 1. The molecule has 0 spiro atoms. The Morgan fingerprint density at radius 3 is 2.47 bits per heavy atom. The Bertz CT molecular complexity index is 306. The molecule has 4 N–H and O–H groups in total. The van der Waals surface area contributed by atoms with E-state index < -0.39 is 18.1 Å². The summed E-state index contributed by atoms with van der Waals surface area (Å²) in [5.74, 6) is -0.922. The molecule has 0 bridgehead atoms. The highest BCUT2D eigenvalue weighted by atomic mass is 16.4. The van der Waals surface area contributed by atoms with Gasteiger partial charge in [0.05, 0.1) is 6.04 Å². The number of nitrogens with two attached hydrogens (primary N) is 1. The van der Waals surface area contributed by atoms with E-state index in [1.807, 2.05) is 13.8 Å². The van der Waals surface area contributed by atoms with Gasteiger partial charge in [-0.25, -0.2) is 0 Å². The molecule has 3 atom stereocenters. The molecular weight excluding hydrogens is 222 g/mol. The standard InChI is InChI=1S/C11H21N3O3/c1-6(2)9(12)10(15)14(3)7-4-8(11(16)17)13-5-7/h6-9,13H,4-5,12H2,1-3H3,(H,16,17). The molecule has 1 rings (SSSR count). The molecular formula is C11H21N3O3. The largest absolute Gasteiger partial charge is 0.480 e. The van der Waals surface area contributed by atoms with Crippen LogP contribution in [-0.2, 0) is 9.59 Å². The highest BCUT2D eigenvalue weighted by molar-refractivity contribution is 5.82. The minimum Gasteiger partial charge on any atom is -0.480 e. The summed E-state index contributed by atoms with van der Waals surface area (Å²) >= 11 is 0. The van der Waals surface area contributed by atoms with Gasteiger partial charge in [-0.1, -0.05) is 13.8 Å². The molecule has 1 amide bonds. The molecule has 3 unspecified atom stereocenters.